The summed E-state index contributed by atoms with van der Waals surface area (Å²) in [5.41, 5.74) is 2.94. The fourth-order valence-electron chi connectivity index (χ4n) is 4.76. The van der Waals surface area contributed by atoms with E-state index in [4.69, 9.17) is 0 Å². The lowest BCUT2D eigenvalue weighted by molar-refractivity contribution is 0.656. The van der Waals surface area contributed by atoms with Crippen molar-refractivity contribution in [3.8, 4) is 0 Å². The SMILES string of the molecule is [SiH3]CC(Cc1ccccc1)(c1ccccc1)[SiH](c1ccccc1)c1ccccc1. The third kappa shape index (κ3) is 4.19. The predicted molar refractivity (Wildman–Crippen MR) is 132 cm³/mol. The number of hydrogen-bond acceptors (Lipinski definition) is 0. The highest BCUT2D eigenvalue weighted by atomic mass is 28.3. The second-order valence-corrected chi connectivity index (χ2v) is 11.8. The van der Waals surface area contributed by atoms with E-state index >= 15 is 0 Å². The van der Waals surface area contributed by atoms with Crippen LogP contribution in [0.1, 0.15) is 11.1 Å². The molecule has 0 amide bonds. The summed E-state index contributed by atoms with van der Waals surface area (Å²) in [7, 11) is -0.386. The molecule has 0 heterocycles. The molecule has 0 aliphatic rings. The van der Waals surface area contributed by atoms with Gasteiger partial charge in [-0.15, -0.1) is 0 Å². The first kappa shape index (κ1) is 19.6. The van der Waals surface area contributed by atoms with E-state index in [1.165, 1.54) is 37.8 Å². The summed E-state index contributed by atoms with van der Waals surface area (Å²) < 4.78 is 0. The van der Waals surface area contributed by atoms with Gasteiger partial charge in [0.2, 0.25) is 0 Å². The van der Waals surface area contributed by atoms with Gasteiger partial charge in [0.1, 0.15) is 8.80 Å². The maximum Gasteiger partial charge on any atom is 0.113 e. The largest absolute Gasteiger partial charge is 0.113 e. The molecular weight excluding hydrogens is 380 g/mol. The molecule has 0 bridgehead atoms. The van der Waals surface area contributed by atoms with E-state index in [9.17, 15) is 0 Å². The van der Waals surface area contributed by atoms with Gasteiger partial charge < -0.3 is 0 Å². The first-order valence-corrected chi connectivity index (χ1v) is 13.7. The van der Waals surface area contributed by atoms with Crippen molar-refractivity contribution in [1.82, 2.24) is 0 Å². The van der Waals surface area contributed by atoms with Crippen LogP contribution in [0.3, 0.4) is 0 Å². The average molecular weight is 409 g/mol. The molecule has 0 fully saturated rings. The summed E-state index contributed by atoms with van der Waals surface area (Å²) in [6.45, 7) is 0. The van der Waals surface area contributed by atoms with Gasteiger partial charge in [-0.3, -0.25) is 0 Å². The molecule has 1 atom stereocenters. The molecule has 0 saturated heterocycles. The van der Waals surface area contributed by atoms with Crippen LogP contribution >= 0.6 is 0 Å². The summed E-state index contributed by atoms with van der Waals surface area (Å²) in [5.74, 6) is 0. The Labute approximate surface area is 179 Å². The summed E-state index contributed by atoms with van der Waals surface area (Å²) in [6, 6.07) is 46.2. The highest BCUT2D eigenvalue weighted by molar-refractivity contribution is 6.88. The fraction of sp³-hybridized carbons (Fsp3) is 0.111. The van der Waals surface area contributed by atoms with Crippen molar-refractivity contribution in [3.63, 3.8) is 0 Å². The third-order valence-electron chi connectivity index (χ3n) is 6.16. The Morgan fingerprint density at radius 1 is 0.552 bits per heavy atom. The van der Waals surface area contributed by atoms with E-state index in [2.05, 4.69) is 121 Å². The van der Waals surface area contributed by atoms with Crippen molar-refractivity contribution in [2.75, 3.05) is 0 Å². The summed E-state index contributed by atoms with van der Waals surface area (Å²) >= 11 is 0. The quantitative estimate of drug-likeness (QED) is 0.410. The van der Waals surface area contributed by atoms with Crippen LogP contribution in [0.25, 0.3) is 0 Å². The van der Waals surface area contributed by atoms with Crippen LogP contribution in [-0.4, -0.2) is 19.0 Å². The second-order valence-electron chi connectivity index (χ2n) is 7.79. The minimum Gasteiger partial charge on any atom is -0.0629 e. The molecule has 0 radical (unpaired) electrons. The molecule has 0 aliphatic heterocycles. The molecule has 0 saturated carbocycles. The Bertz CT molecular complexity index is 962. The zero-order valence-corrected chi connectivity index (χ0v) is 20.2. The third-order valence-corrected chi connectivity index (χ3v) is 12.4. The number of rotatable bonds is 7. The Morgan fingerprint density at radius 3 is 1.41 bits per heavy atom. The lowest BCUT2D eigenvalue weighted by atomic mass is 9.92. The average Bonchev–Trinajstić information content (AvgIpc) is 2.81. The van der Waals surface area contributed by atoms with E-state index in [-0.39, 0.29) is 5.04 Å². The molecule has 0 aromatic heterocycles. The minimum atomic E-state index is -1.56. The highest BCUT2D eigenvalue weighted by Gasteiger charge is 2.41. The number of hydrogen-bond donors (Lipinski definition) is 0. The van der Waals surface area contributed by atoms with Crippen LogP contribution in [0, 0.1) is 0 Å². The van der Waals surface area contributed by atoms with Gasteiger partial charge in [0.25, 0.3) is 0 Å². The Hall–Kier alpha value is -2.69. The van der Waals surface area contributed by atoms with Gasteiger partial charge in [-0.2, -0.15) is 0 Å². The minimum absolute atomic E-state index is 0.164. The zero-order chi connectivity index (χ0) is 19.9. The molecule has 4 aromatic carbocycles. The summed E-state index contributed by atoms with van der Waals surface area (Å²) in [6.07, 6.45) is 1.10. The van der Waals surface area contributed by atoms with Crippen LogP contribution in [0.4, 0.5) is 0 Å². The Balaban J connectivity index is 1.95. The van der Waals surface area contributed by atoms with Crippen molar-refractivity contribution in [3.05, 3.63) is 132 Å². The van der Waals surface area contributed by atoms with E-state index in [1.807, 2.05) is 0 Å². The molecule has 4 rings (SSSR count). The van der Waals surface area contributed by atoms with Crippen molar-refractivity contribution < 1.29 is 0 Å². The summed E-state index contributed by atoms with van der Waals surface area (Å²) in [5, 5.41) is 3.24. The van der Waals surface area contributed by atoms with Gasteiger partial charge in [-0.1, -0.05) is 138 Å². The van der Waals surface area contributed by atoms with Crippen molar-refractivity contribution in [2.24, 2.45) is 0 Å². The first-order chi connectivity index (χ1) is 14.3. The molecule has 0 nitrogen and oxygen atoms in total. The highest BCUT2D eigenvalue weighted by Crippen LogP contribution is 2.34. The second kappa shape index (κ2) is 9.21. The maximum atomic E-state index is 2.37. The number of benzene rings is 4. The normalized spacial score (nSPS) is 13.3. The fourth-order valence-corrected chi connectivity index (χ4v) is 10.9. The van der Waals surface area contributed by atoms with Gasteiger partial charge >= 0.3 is 0 Å². The van der Waals surface area contributed by atoms with Gasteiger partial charge in [0.15, 0.2) is 0 Å². The Morgan fingerprint density at radius 2 is 0.966 bits per heavy atom. The summed E-state index contributed by atoms with van der Waals surface area (Å²) in [4.78, 5) is 0. The van der Waals surface area contributed by atoms with Gasteiger partial charge in [0, 0.05) is 10.2 Å². The molecule has 0 N–H and O–H groups in total. The predicted octanol–water partition coefficient (Wildman–Crippen LogP) is 3.53. The molecule has 0 aliphatic carbocycles. The monoisotopic (exact) mass is 408 g/mol. The van der Waals surface area contributed by atoms with Crippen molar-refractivity contribution in [1.29, 1.82) is 0 Å². The van der Waals surface area contributed by atoms with Crippen LogP contribution in [0.5, 0.6) is 0 Å². The van der Waals surface area contributed by atoms with E-state index in [0.717, 1.165) is 6.42 Å². The molecule has 4 aromatic rings. The Kier molecular flexibility index (Phi) is 6.23. The van der Waals surface area contributed by atoms with Gasteiger partial charge in [-0.25, -0.2) is 0 Å². The lowest BCUT2D eigenvalue weighted by Gasteiger charge is -2.41. The van der Waals surface area contributed by atoms with E-state index < -0.39 is 8.80 Å². The van der Waals surface area contributed by atoms with Gasteiger partial charge in [-0.05, 0) is 22.6 Å². The van der Waals surface area contributed by atoms with Crippen LogP contribution < -0.4 is 10.4 Å². The van der Waals surface area contributed by atoms with Crippen LogP contribution in [-0.2, 0) is 11.5 Å². The van der Waals surface area contributed by atoms with E-state index in [1.54, 1.807) is 0 Å². The molecule has 144 valence electrons. The molecule has 0 spiro atoms. The zero-order valence-electron chi connectivity index (χ0n) is 17.0. The van der Waals surface area contributed by atoms with Gasteiger partial charge in [0.05, 0.1) is 0 Å². The van der Waals surface area contributed by atoms with E-state index in [0.29, 0.717) is 0 Å². The molecule has 2 heteroatoms. The molecule has 29 heavy (non-hydrogen) atoms. The lowest BCUT2D eigenvalue weighted by Crippen LogP contribution is -2.59. The maximum absolute atomic E-state index is 2.37. The van der Waals surface area contributed by atoms with Crippen molar-refractivity contribution in [2.45, 2.75) is 17.5 Å². The first-order valence-electron chi connectivity index (χ1n) is 10.5. The smallest absolute Gasteiger partial charge is 0.0629 e. The topological polar surface area (TPSA) is 0 Å². The van der Waals surface area contributed by atoms with Crippen LogP contribution in [0.2, 0.25) is 6.04 Å². The van der Waals surface area contributed by atoms with Crippen molar-refractivity contribution >= 4 is 29.4 Å². The molecule has 1 unspecified atom stereocenters. The van der Waals surface area contributed by atoms with Crippen LogP contribution in [0.15, 0.2) is 121 Å². The molecular formula is C27H28Si2. The standard InChI is InChI=1S/C27H28Si2/c28-22-27(24-15-7-2-8-16-24,21-23-13-5-1-6-14-23)29(25-17-9-3-10-18-25)26-19-11-4-12-20-26/h1-20,29H,21-22H2,28H3.